The van der Waals surface area contributed by atoms with E-state index in [0.29, 0.717) is 44.1 Å². The number of amides is 2. The van der Waals surface area contributed by atoms with E-state index in [1.165, 1.54) is 0 Å². The largest absolute Gasteiger partial charge is 0.340 e. The summed E-state index contributed by atoms with van der Waals surface area (Å²) in [6.45, 7) is 2.30. The third-order valence-corrected chi connectivity index (χ3v) is 5.08. The number of benzene rings is 1. The summed E-state index contributed by atoms with van der Waals surface area (Å²) in [6.07, 6.45) is 4.10. The molecule has 1 aliphatic heterocycles. The number of fused-ring (bicyclic) bond motifs is 1. The highest BCUT2D eigenvalue weighted by atomic mass is 16.2. The zero-order valence-electron chi connectivity index (χ0n) is 16.4. The average Bonchev–Trinajstić information content (AvgIpc) is 3.20. The number of rotatable bonds is 6. The van der Waals surface area contributed by atoms with Crippen molar-refractivity contribution in [3.63, 3.8) is 0 Å². The molecule has 0 unspecified atom stereocenters. The van der Waals surface area contributed by atoms with E-state index in [1.54, 1.807) is 33.8 Å². The van der Waals surface area contributed by atoms with Gasteiger partial charge < -0.3 is 14.4 Å². The van der Waals surface area contributed by atoms with Crippen molar-refractivity contribution in [3.8, 4) is 0 Å². The Hall–Kier alpha value is -3.48. The van der Waals surface area contributed by atoms with Crippen molar-refractivity contribution in [2.45, 2.75) is 19.5 Å². The molecule has 0 saturated heterocycles. The van der Waals surface area contributed by atoms with Gasteiger partial charge in [-0.2, -0.15) is 0 Å². The number of carbonyl (C=O) groups is 2. The first-order valence-electron chi connectivity index (χ1n) is 9.67. The number of imidazole rings is 1. The number of hydrogen-bond acceptors (Lipinski definition) is 4. The van der Waals surface area contributed by atoms with Gasteiger partial charge in [-0.3, -0.25) is 14.6 Å². The van der Waals surface area contributed by atoms with Gasteiger partial charge in [0.1, 0.15) is 5.69 Å². The van der Waals surface area contributed by atoms with Crippen LogP contribution in [0.1, 0.15) is 32.4 Å². The molecule has 0 saturated carbocycles. The second-order valence-electron chi connectivity index (χ2n) is 7.15. The summed E-state index contributed by atoms with van der Waals surface area (Å²) in [5.41, 5.74) is 2.31. The lowest BCUT2D eigenvalue weighted by Crippen LogP contribution is -2.39. The Bertz CT molecular complexity index is 1000. The Labute approximate surface area is 169 Å². The Balaban J connectivity index is 1.43. The summed E-state index contributed by atoms with van der Waals surface area (Å²) in [5, 5.41) is 0. The minimum Gasteiger partial charge on any atom is -0.340 e. The maximum atomic E-state index is 12.8. The predicted molar refractivity (Wildman–Crippen MR) is 108 cm³/mol. The number of nitrogens with zero attached hydrogens (tertiary/aromatic N) is 5. The predicted octanol–water partition coefficient (Wildman–Crippen LogP) is 2.25. The first-order valence-corrected chi connectivity index (χ1v) is 9.67. The number of likely N-dealkylation sites (N-methyl/N-ethyl adjacent to an activating group) is 1. The molecule has 7 heteroatoms. The van der Waals surface area contributed by atoms with Crippen LogP contribution in [0.5, 0.6) is 0 Å². The lowest BCUT2D eigenvalue weighted by Gasteiger charge is -2.27. The Kier molecular flexibility index (Phi) is 5.37. The molecular weight excluding hydrogens is 366 g/mol. The molecule has 0 atom stereocenters. The Morgan fingerprint density at radius 1 is 1.10 bits per heavy atom. The van der Waals surface area contributed by atoms with Gasteiger partial charge in [0.25, 0.3) is 11.8 Å². The molecule has 0 spiro atoms. The molecule has 3 heterocycles. The molecule has 2 aromatic heterocycles. The van der Waals surface area contributed by atoms with Crippen molar-refractivity contribution in [2.75, 3.05) is 20.1 Å². The highest BCUT2D eigenvalue weighted by molar-refractivity contribution is 5.96. The fourth-order valence-electron chi connectivity index (χ4n) is 3.41. The van der Waals surface area contributed by atoms with E-state index in [0.717, 1.165) is 11.3 Å². The van der Waals surface area contributed by atoms with Crippen LogP contribution < -0.4 is 0 Å². The number of aromatic nitrogens is 3. The zero-order chi connectivity index (χ0) is 20.2. The van der Waals surface area contributed by atoms with Crippen LogP contribution in [-0.2, 0) is 19.5 Å². The minimum atomic E-state index is -0.190. The summed E-state index contributed by atoms with van der Waals surface area (Å²) in [7, 11) is 1.74. The fourth-order valence-corrected chi connectivity index (χ4v) is 3.41. The highest BCUT2D eigenvalue weighted by Crippen LogP contribution is 2.16. The minimum absolute atomic E-state index is 0.143. The Morgan fingerprint density at radius 3 is 2.66 bits per heavy atom. The molecule has 1 aliphatic rings. The van der Waals surface area contributed by atoms with Crippen LogP contribution in [0.3, 0.4) is 0 Å². The first kappa shape index (κ1) is 18.9. The van der Waals surface area contributed by atoms with Crippen LogP contribution in [0.2, 0.25) is 0 Å². The van der Waals surface area contributed by atoms with E-state index in [-0.39, 0.29) is 11.8 Å². The highest BCUT2D eigenvalue weighted by Gasteiger charge is 2.29. The van der Waals surface area contributed by atoms with E-state index < -0.39 is 0 Å². The topological polar surface area (TPSA) is 71.3 Å². The molecule has 29 heavy (non-hydrogen) atoms. The molecule has 2 amide bonds. The van der Waals surface area contributed by atoms with Crippen LogP contribution in [0.25, 0.3) is 0 Å². The van der Waals surface area contributed by atoms with Gasteiger partial charge in [0.05, 0.1) is 0 Å². The smallest absolute Gasteiger partial charge is 0.290 e. The summed E-state index contributed by atoms with van der Waals surface area (Å²) >= 11 is 0. The van der Waals surface area contributed by atoms with Crippen LogP contribution in [-0.4, -0.2) is 56.3 Å². The van der Waals surface area contributed by atoms with Gasteiger partial charge in [0.15, 0.2) is 5.82 Å². The maximum absolute atomic E-state index is 12.8. The van der Waals surface area contributed by atoms with E-state index in [1.807, 2.05) is 48.5 Å². The molecule has 148 valence electrons. The van der Waals surface area contributed by atoms with Crippen molar-refractivity contribution in [1.29, 1.82) is 0 Å². The van der Waals surface area contributed by atoms with E-state index >= 15 is 0 Å². The normalized spacial score (nSPS) is 13.3. The number of carbonyl (C=O) groups excluding carboxylic acids is 2. The van der Waals surface area contributed by atoms with Crippen LogP contribution in [0.4, 0.5) is 0 Å². The average molecular weight is 389 g/mol. The lowest BCUT2D eigenvalue weighted by atomic mass is 10.2. The second-order valence-corrected chi connectivity index (χ2v) is 7.15. The summed E-state index contributed by atoms with van der Waals surface area (Å²) in [6, 6.07) is 15.6. The lowest BCUT2D eigenvalue weighted by molar-refractivity contribution is 0.0683. The summed E-state index contributed by atoms with van der Waals surface area (Å²) < 4.78 is 1.78. The van der Waals surface area contributed by atoms with E-state index in [4.69, 9.17) is 0 Å². The van der Waals surface area contributed by atoms with Crippen molar-refractivity contribution < 1.29 is 9.59 Å². The Morgan fingerprint density at radius 2 is 1.90 bits per heavy atom. The third-order valence-electron chi connectivity index (χ3n) is 5.08. The molecule has 0 bridgehead atoms. The van der Waals surface area contributed by atoms with Gasteiger partial charge in [-0.25, -0.2) is 4.98 Å². The molecule has 0 radical (unpaired) electrons. The summed E-state index contributed by atoms with van der Waals surface area (Å²) in [5.74, 6) is -0.00538. The molecule has 3 aromatic rings. The van der Waals surface area contributed by atoms with E-state index in [9.17, 15) is 9.59 Å². The van der Waals surface area contributed by atoms with Crippen molar-refractivity contribution in [2.24, 2.45) is 0 Å². The molecule has 0 N–H and O–H groups in total. The molecule has 7 nitrogen and oxygen atoms in total. The summed E-state index contributed by atoms with van der Waals surface area (Å²) in [4.78, 5) is 37.7. The first-order chi connectivity index (χ1) is 14.1. The van der Waals surface area contributed by atoms with Crippen molar-refractivity contribution >= 4 is 11.8 Å². The number of pyridine rings is 1. The molecular formula is C22H23N5O2. The quantitative estimate of drug-likeness (QED) is 0.648. The molecule has 0 fully saturated rings. The van der Waals surface area contributed by atoms with Gasteiger partial charge in [0.2, 0.25) is 0 Å². The molecule has 4 rings (SSSR count). The third kappa shape index (κ3) is 4.18. The van der Waals surface area contributed by atoms with Gasteiger partial charge in [-0.05, 0) is 17.7 Å². The van der Waals surface area contributed by atoms with Crippen LogP contribution >= 0.6 is 0 Å². The zero-order valence-corrected chi connectivity index (χ0v) is 16.4. The standard InChI is InChI=1S/C22H23N5O2/c1-25(12-10-18-9-5-6-11-23-18)21(28)19-16-26-13-14-27(22(29)20(26)24-19)15-17-7-3-2-4-8-17/h2-9,11,16H,10,12-15H2,1H3. The van der Waals surface area contributed by atoms with Gasteiger partial charge in [0, 0.05) is 57.7 Å². The van der Waals surface area contributed by atoms with Crippen LogP contribution in [0, 0.1) is 0 Å². The van der Waals surface area contributed by atoms with Gasteiger partial charge in [-0.1, -0.05) is 36.4 Å². The van der Waals surface area contributed by atoms with Crippen LogP contribution in [0.15, 0.2) is 60.9 Å². The fraction of sp³-hybridized carbons (Fsp3) is 0.273. The maximum Gasteiger partial charge on any atom is 0.290 e. The van der Waals surface area contributed by atoms with Crippen molar-refractivity contribution in [1.82, 2.24) is 24.3 Å². The van der Waals surface area contributed by atoms with Crippen molar-refractivity contribution in [3.05, 3.63) is 83.7 Å². The van der Waals surface area contributed by atoms with Gasteiger partial charge in [-0.15, -0.1) is 0 Å². The monoisotopic (exact) mass is 389 g/mol. The molecule has 1 aromatic carbocycles. The number of hydrogen-bond donors (Lipinski definition) is 0. The molecule has 0 aliphatic carbocycles. The SMILES string of the molecule is CN(CCc1ccccn1)C(=O)c1cn2c(n1)C(=O)N(Cc1ccccc1)CC2. The van der Waals surface area contributed by atoms with Gasteiger partial charge >= 0.3 is 0 Å². The van der Waals surface area contributed by atoms with E-state index in [2.05, 4.69) is 9.97 Å². The second kappa shape index (κ2) is 8.26.